The molecule has 0 amide bonds. The van der Waals surface area contributed by atoms with Gasteiger partial charge < -0.3 is 14.2 Å². The Morgan fingerprint density at radius 2 is 0.872 bits per heavy atom. The van der Waals surface area contributed by atoms with Crippen molar-refractivity contribution in [1.82, 2.24) is 0 Å². The number of benzene rings is 1. The lowest BCUT2D eigenvalue weighted by molar-refractivity contribution is 0.0198. The molecule has 0 spiro atoms. The molecule has 0 aliphatic rings. The zero-order chi connectivity index (χ0) is 29.0. The molecule has 1 aromatic rings. The predicted octanol–water partition coefficient (Wildman–Crippen LogP) is 9.23. The van der Waals surface area contributed by atoms with Crippen molar-refractivity contribution in [1.29, 1.82) is 0 Å². The van der Waals surface area contributed by atoms with Crippen LogP contribution >= 0.6 is 0 Å². The fraction of sp³-hybridized carbons (Fsp3) is 0.727. The minimum absolute atomic E-state index is 0.0479. The summed E-state index contributed by atoms with van der Waals surface area (Å²) in [5, 5.41) is 0. The molecule has 0 aliphatic carbocycles. The quantitative estimate of drug-likeness (QED) is 0.0868. The average molecular weight is 547 g/mol. The van der Waals surface area contributed by atoms with Crippen molar-refractivity contribution in [3.8, 4) is 0 Å². The first kappa shape index (κ1) is 34.7. The van der Waals surface area contributed by atoms with E-state index >= 15 is 0 Å². The SMILES string of the molecule is CCCCCC(CC)OC(=O)c1cccc(C(=O)OC(CC)CCCCC)c1C(=O)OC(CC)CCCCC. The molecule has 1 rings (SSSR count). The molecule has 6 heteroatoms. The largest absolute Gasteiger partial charge is 0.459 e. The van der Waals surface area contributed by atoms with Crippen LogP contribution in [0.15, 0.2) is 18.2 Å². The highest BCUT2D eigenvalue weighted by molar-refractivity contribution is 6.10. The lowest BCUT2D eigenvalue weighted by atomic mass is 10.00. The number of carbonyl (C=O) groups excluding carboxylic acids is 3. The Kier molecular flexibility index (Phi) is 18.2. The molecular weight excluding hydrogens is 492 g/mol. The summed E-state index contributed by atoms with van der Waals surface area (Å²) in [5.41, 5.74) is 0.0740. The van der Waals surface area contributed by atoms with Gasteiger partial charge in [-0.1, -0.05) is 86.1 Å². The molecule has 0 fully saturated rings. The summed E-state index contributed by atoms with van der Waals surface area (Å²) in [7, 11) is 0. The van der Waals surface area contributed by atoms with Crippen LogP contribution in [0, 0.1) is 0 Å². The number of esters is 3. The number of hydrogen-bond acceptors (Lipinski definition) is 6. The molecule has 39 heavy (non-hydrogen) atoms. The molecule has 1 aromatic carbocycles. The van der Waals surface area contributed by atoms with E-state index in [1.807, 2.05) is 20.8 Å². The van der Waals surface area contributed by atoms with E-state index in [-0.39, 0.29) is 35.0 Å². The van der Waals surface area contributed by atoms with Crippen LogP contribution in [0.5, 0.6) is 0 Å². The lowest BCUT2D eigenvalue weighted by Crippen LogP contribution is -2.26. The highest BCUT2D eigenvalue weighted by atomic mass is 16.6. The van der Waals surface area contributed by atoms with Gasteiger partial charge in [-0.15, -0.1) is 0 Å². The van der Waals surface area contributed by atoms with Crippen LogP contribution in [0.1, 0.15) is 169 Å². The van der Waals surface area contributed by atoms with E-state index in [2.05, 4.69) is 20.8 Å². The molecule has 0 saturated carbocycles. The fourth-order valence-corrected chi connectivity index (χ4v) is 4.66. The van der Waals surface area contributed by atoms with Gasteiger partial charge in [0.2, 0.25) is 0 Å². The van der Waals surface area contributed by atoms with Gasteiger partial charge in [-0.3, -0.25) is 0 Å². The normalized spacial score (nSPS) is 13.4. The summed E-state index contributed by atoms with van der Waals surface area (Å²) >= 11 is 0. The monoisotopic (exact) mass is 546 g/mol. The van der Waals surface area contributed by atoms with E-state index in [4.69, 9.17) is 14.2 Å². The molecule has 0 heterocycles. The van der Waals surface area contributed by atoms with Gasteiger partial charge in [0, 0.05) is 0 Å². The maximum absolute atomic E-state index is 13.6. The molecular formula is C33H54O6. The maximum atomic E-state index is 13.6. The van der Waals surface area contributed by atoms with Crippen LogP contribution in [0.25, 0.3) is 0 Å². The van der Waals surface area contributed by atoms with Crippen LogP contribution < -0.4 is 0 Å². The Labute approximate surface area is 237 Å². The summed E-state index contributed by atoms with van der Waals surface area (Å²) in [6.07, 6.45) is 12.8. The Balaban J connectivity index is 3.32. The average Bonchev–Trinajstić information content (AvgIpc) is 2.95. The van der Waals surface area contributed by atoms with Crippen LogP contribution in [-0.4, -0.2) is 36.2 Å². The van der Waals surface area contributed by atoms with Crippen molar-refractivity contribution < 1.29 is 28.6 Å². The van der Waals surface area contributed by atoms with E-state index in [9.17, 15) is 14.4 Å². The summed E-state index contributed by atoms with van der Waals surface area (Å²) in [6, 6.07) is 4.70. The Morgan fingerprint density at radius 1 is 0.538 bits per heavy atom. The summed E-state index contributed by atoms with van der Waals surface area (Å²) in [4.78, 5) is 40.4. The molecule has 0 N–H and O–H groups in total. The minimum Gasteiger partial charge on any atom is -0.459 e. The first-order chi connectivity index (χ1) is 18.9. The van der Waals surface area contributed by atoms with Gasteiger partial charge in [0.25, 0.3) is 0 Å². The van der Waals surface area contributed by atoms with Gasteiger partial charge in [0.15, 0.2) is 0 Å². The van der Waals surface area contributed by atoms with Crippen molar-refractivity contribution in [2.45, 2.75) is 156 Å². The van der Waals surface area contributed by atoms with Gasteiger partial charge in [-0.2, -0.15) is 0 Å². The molecule has 3 atom stereocenters. The second-order valence-electron chi connectivity index (χ2n) is 10.5. The smallest absolute Gasteiger partial charge is 0.340 e. The molecule has 0 aliphatic heterocycles. The van der Waals surface area contributed by atoms with Crippen molar-refractivity contribution in [2.24, 2.45) is 0 Å². The Bertz CT molecular complexity index is 798. The summed E-state index contributed by atoms with van der Waals surface area (Å²) < 4.78 is 17.6. The second-order valence-corrected chi connectivity index (χ2v) is 10.5. The van der Waals surface area contributed by atoms with Crippen LogP contribution in [0.3, 0.4) is 0 Å². The zero-order valence-corrected chi connectivity index (χ0v) is 25.5. The standard InChI is InChI=1S/C33H54O6/c1-7-13-16-20-25(10-4)37-31(34)28-23-19-24-29(32(35)38-26(11-5)21-17-14-8-2)30(28)33(36)39-27(12-6)22-18-15-9-3/h19,23-27H,7-18,20-22H2,1-6H3. The van der Waals surface area contributed by atoms with Crippen molar-refractivity contribution in [2.75, 3.05) is 0 Å². The first-order valence-corrected chi connectivity index (χ1v) is 15.6. The van der Waals surface area contributed by atoms with Crippen molar-refractivity contribution in [3.05, 3.63) is 34.9 Å². The second kappa shape index (κ2) is 20.5. The van der Waals surface area contributed by atoms with Crippen molar-refractivity contribution >= 4 is 17.9 Å². The van der Waals surface area contributed by atoms with E-state index in [1.165, 1.54) is 0 Å². The Morgan fingerprint density at radius 3 is 1.18 bits per heavy atom. The predicted molar refractivity (Wildman–Crippen MR) is 157 cm³/mol. The summed E-state index contributed by atoms with van der Waals surface area (Å²) in [6.45, 7) is 12.3. The molecule has 222 valence electrons. The van der Waals surface area contributed by atoms with Crippen molar-refractivity contribution in [3.63, 3.8) is 0 Å². The van der Waals surface area contributed by atoms with Crippen LogP contribution in [-0.2, 0) is 14.2 Å². The van der Waals surface area contributed by atoms with E-state index in [0.29, 0.717) is 19.3 Å². The third-order valence-electron chi connectivity index (χ3n) is 7.28. The molecule has 0 saturated heterocycles. The highest BCUT2D eigenvalue weighted by Gasteiger charge is 2.30. The van der Waals surface area contributed by atoms with Crippen LogP contribution in [0.2, 0.25) is 0 Å². The number of rotatable bonds is 21. The van der Waals surface area contributed by atoms with Gasteiger partial charge in [0.1, 0.15) is 18.3 Å². The van der Waals surface area contributed by atoms with E-state index in [0.717, 1.165) is 77.0 Å². The van der Waals surface area contributed by atoms with Gasteiger partial charge in [-0.25, -0.2) is 14.4 Å². The molecule has 0 radical (unpaired) electrons. The zero-order valence-electron chi connectivity index (χ0n) is 25.5. The van der Waals surface area contributed by atoms with Gasteiger partial charge in [0.05, 0.1) is 16.7 Å². The number of carbonyl (C=O) groups is 3. The molecule has 6 nitrogen and oxygen atoms in total. The third-order valence-corrected chi connectivity index (χ3v) is 7.28. The van der Waals surface area contributed by atoms with Gasteiger partial charge in [-0.05, 0) is 69.9 Å². The number of unbranched alkanes of at least 4 members (excludes halogenated alkanes) is 6. The number of ether oxygens (including phenoxy) is 3. The Hall–Kier alpha value is -2.37. The van der Waals surface area contributed by atoms with Gasteiger partial charge >= 0.3 is 17.9 Å². The van der Waals surface area contributed by atoms with E-state index < -0.39 is 17.9 Å². The minimum atomic E-state index is -0.670. The lowest BCUT2D eigenvalue weighted by Gasteiger charge is -2.21. The van der Waals surface area contributed by atoms with Crippen LogP contribution in [0.4, 0.5) is 0 Å². The first-order valence-electron chi connectivity index (χ1n) is 15.6. The third kappa shape index (κ3) is 12.6. The number of hydrogen-bond donors (Lipinski definition) is 0. The topological polar surface area (TPSA) is 78.9 Å². The highest BCUT2D eigenvalue weighted by Crippen LogP contribution is 2.24. The summed E-state index contributed by atoms with van der Waals surface area (Å²) in [5.74, 6) is -1.88. The molecule has 3 unspecified atom stereocenters. The maximum Gasteiger partial charge on any atom is 0.340 e. The molecule has 0 aromatic heterocycles. The molecule has 0 bridgehead atoms. The van der Waals surface area contributed by atoms with E-state index in [1.54, 1.807) is 18.2 Å². The fourth-order valence-electron chi connectivity index (χ4n) is 4.66.